The van der Waals surface area contributed by atoms with E-state index in [1.807, 2.05) is 25.6 Å². The molecular formula is C11H16N6S. The van der Waals surface area contributed by atoms with Crippen molar-refractivity contribution in [1.82, 2.24) is 19.7 Å². The Kier molecular flexibility index (Phi) is 4.03. The molecule has 2 aromatic rings. The van der Waals surface area contributed by atoms with Crippen molar-refractivity contribution >= 4 is 23.4 Å². The molecule has 7 heteroatoms. The molecule has 2 rings (SSSR count). The molecule has 0 fully saturated rings. The van der Waals surface area contributed by atoms with E-state index in [0.717, 1.165) is 24.5 Å². The van der Waals surface area contributed by atoms with Crippen LogP contribution in [0.2, 0.25) is 0 Å². The molecule has 0 aliphatic carbocycles. The molecule has 0 aliphatic rings. The first-order valence-electron chi connectivity index (χ1n) is 5.58. The molecular weight excluding hydrogens is 248 g/mol. The minimum absolute atomic E-state index is 0.481. The topological polar surface area (TPSA) is 81.6 Å². The summed E-state index contributed by atoms with van der Waals surface area (Å²) in [4.78, 5) is 8.42. The third-order valence-electron chi connectivity index (χ3n) is 2.36. The Morgan fingerprint density at radius 3 is 2.94 bits per heavy atom. The summed E-state index contributed by atoms with van der Waals surface area (Å²) in [6.07, 6.45) is 4.70. The van der Waals surface area contributed by atoms with Crippen molar-refractivity contribution in [3.8, 4) is 0 Å². The molecule has 0 radical (unpaired) electrons. The Morgan fingerprint density at radius 2 is 2.28 bits per heavy atom. The smallest absolute Gasteiger partial charge is 0.191 e. The molecule has 0 atom stereocenters. The fourth-order valence-electron chi connectivity index (χ4n) is 1.54. The zero-order valence-corrected chi connectivity index (χ0v) is 11.2. The van der Waals surface area contributed by atoms with Gasteiger partial charge in [-0.3, -0.25) is 4.68 Å². The Bertz CT molecular complexity index is 524. The van der Waals surface area contributed by atoms with Gasteiger partial charge in [-0.2, -0.15) is 5.10 Å². The average molecular weight is 264 g/mol. The largest absolute Gasteiger partial charge is 0.383 e. The molecule has 0 saturated heterocycles. The van der Waals surface area contributed by atoms with Crippen molar-refractivity contribution < 1.29 is 0 Å². The van der Waals surface area contributed by atoms with E-state index < -0.39 is 0 Å². The summed E-state index contributed by atoms with van der Waals surface area (Å²) in [5.74, 6) is 1.23. The number of rotatable bonds is 5. The van der Waals surface area contributed by atoms with Crippen LogP contribution in [-0.2, 0) is 13.5 Å². The number of thioether (sulfide) groups is 1. The summed E-state index contributed by atoms with van der Waals surface area (Å²) in [7, 11) is 1.91. The standard InChI is InChI=1S/C11H16N6S/c1-17-6-4-8(16-17)3-5-13-10-7-9(12)14-11(15-10)18-2/h4,6-7H,3,5H2,1-2H3,(H3,12,13,14,15). The second-order valence-electron chi connectivity index (χ2n) is 3.82. The Morgan fingerprint density at radius 1 is 1.44 bits per heavy atom. The van der Waals surface area contributed by atoms with E-state index in [9.17, 15) is 0 Å². The molecule has 3 N–H and O–H groups in total. The number of aromatic nitrogens is 4. The van der Waals surface area contributed by atoms with Gasteiger partial charge in [0.2, 0.25) is 0 Å². The highest BCUT2D eigenvalue weighted by molar-refractivity contribution is 7.98. The third kappa shape index (κ3) is 3.36. The van der Waals surface area contributed by atoms with Crippen molar-refractivity contribution in [3.63, 3.8) is 0 Å². The van der Waals surface area contributed by atoms with Crippen LogP contribution in [0.4, 0.5) is 11.6 Å². The van der Waals surface area contributed by atoms with Gasteiger partial charge in [0.1, 0.15) is 11.6 Å². The van der Waals surface area contributed by atoms with Crippen molar-refractivity contribution in [2.75, 3.05) is 23.9 Å². The number of nitrogen functional groups attached to an aromatic ring is 1. The summed E-state index contributed by atoms with van der Waals surface area (Å²) in [5, 5.41) is 8.21. The molecule has 2 heterocycles. The van der Waals surface area contributed by atoms with Crippen molar-refractivity contribution in [2.24, 2.45) is 7.05 Å². The fourth-order valence-corrected chi connectivity index (χ4v) is 1.93. The molecule has 96 valence electrons. The summed E-state index contributed by atoms with van der Waals surface area (Å²) >= 11 is 1.47. The van der Waals surface area contributed by atoms with Crippen LogP contribution in [0.25, 0.3) is 0 Å². The van der Waals surface area contributed by atoms with Crippen molar-refractivity contribution in [2.45, 2.75) is 11.6 Å². The molecule has 6 nitrogen and oxygen atoms in total. The van der Waals surface area contributed by atoms with E-state index in [2.05, 4.69) is 20.4 Å². The fraction of sp³-hybridized carbons (Fsp3) is 0.364. The number of anilines is 2. The monoisotopic (exact) mass is 264 g/mol. The van der Waals surface area contributed by atoms with Gasteiger partial charge in [0.15, 0.2) is 5.16 Å². The molecule has 0 spiro atoms. The van der Waals surface area contributed by atoms with E-state index in [0.29, 0.717) is 11.0 Å². The van der Waals surface area contributed by atoms with Crippen LogP contribution in [0.15, 0.2) is 23.5 Å². The summed E-state index contributed by atoms with van der Waals surface area (Å²) in [6.45, 7) is 0.765. The maximum Gasteiger partial charge on any atom is 0.191 e. The zero-order chi connectivity index (χ0) is 13.0. The van der Waals surface area contributed by atoms with Gasteiger partial charge in [0, 0.05) is 32.3 Å². The lowest BCUT2D eigenvalue weighted by atomic mass is 10.3. The van der Waals surface area contributed by atoms with Gasteiger partial charge >= 0.3 is 0 Å². The lowest BCUT2D eigenvalue weighted by molar-refractivity contribution is 0.741. The lowest BCUT2D eigenvalue weighted by Crippen LogP contribution is -2.08. The summed E-state index contributed by atoms with van der Waals surface area (Å²) in [6, 6.07) is 3.74. The summed E-state index contributed by atoms with van der Waals surface area (Å²) in [5.41, 5.74) is 6.75. The first-order valence-corrected chi connectivity index (χ1v) is 6.81. The Balaban J connectivity index is 1.91. The molecule has 0 saturated carbocycles. The van der Waals surface area contributed by atoms with Gasteiger partial charge in [-0.1, -0.05) is 11.8 Å². The van der Waals surface area contributed by atoms with Crippen LogP contribution in [-0.4, -0.2) is 32.5 Å². The second-order valence-corrected chi connectivity index (χ2v) is 4.60. The number of nitrogens with one attached hydrogen (secondary N) is 1. The molecule has 0 unspecified atom stereocenters. The van der Waals surface area contributed by atoms with E-state index in [1.165, 1.54) is 11.8 Å². The van der Waals surface area contributed by atoms with Crippen molar-refractivity contribution in [1.29, 1.82) is 0 Å². The van der Waals surface area contributed by atoms with Crippen molar-refractivity contribution in [3.05, 3.63) is 24.0 Å². The van der Waals surface area contributed by atoms with Crippen LogP contribution in [0.5, 0.6) is 0 Å². The number of nitrogens with two attached hydrogens (primary N) is 1. The van der Waals surface area contributed by atoms with Crippen LogP contribution in [0, 0.1) is 0 Å². The molecule has 0 aliphatic heterocycles. The highest BCUT2D eigenvalue weighted by atomic mass is 32.2. The number of hydrogen-bond donors (Lipinski definition) is 2. The highest BCUT2D eigenvalue weighted by Gasteiger charge is 2.02. The van der Waals surface area contributed by atoms with Crippen LogP contribution >= 0.6 is 11.8 Å². The molecule has 0 aromatic carbocycles. The van der Waals surface area contributed by atoms with Crippen LogP contribution in [0.1, 0.15) is 5.69 Å². The summed E-state index contributed by atoms with van der Waals surface area (Å²) < 4.78 is 1.80. The first-order chi connectivity index (χ1) is 8.67. The van der Waals surface area contributed by atoms with Gasteiger partial charge in [-0.15, -0.1) is 0 Å². The molecule has 18 heavy (non-hydrogen) atoms. The minimum atomic E-state index is 0.481. The first kappa shape index (κ1) is 12.7. The third-order valence-corrected chi connectivity index (χ3v) is 2.91. The Labute approximate surface area is 110 Å². The molecule has 0 amide bonds. The second kappa shape index (κ2) is 5.72. The van der Waals surface area contributed by atoms with E-state index in [-0.39, 0.29) is 0 Å². The molecule has 2 aromatic heterocycles. The lowest BCUT2D eigenvalue weighted by Gasteiger charge is -2.06. The van der Waals surface area contributed by atoms with Gasteiger partial charge < -0.3 is 11.1 Å². The number of hydrogen-bond acceptors (Lipinski definition) is 6. The molecule has 0 bridgehead atoms. The van der Waals surface area contributed by atoms with Crippen LogP contribution in [0.3, 0.4) is 0 Å². The van der Waals surface area contributed by atoms with Gasteiger partial charge in [-0.25, -0.2) is 9.97 Å². The van der Waals surface area contributed by atoms with Gasteiger partial charge in [-0.05, 0) is 12.3 Å². The minimum Gasteiger partial charge on any atom is -0.383 e. The SMILES string of the molecule is CSc1nc(N)cc(NCCc2ccn(C)n2)n1. The number of nitrogens with zero attached hydrogens (tertiary/aromatic N) is 4. The van der Waals surface area contributed by atoms with Gasteiger partial charge in [0.05, 0.1) is 5.69 Å². The van der Waals surface area contributed by atoms with Crippen LogP contribution < -0.4 is 11.1 Å². The average Bonchev–Trinajstić information content (AvgIpc) is 2.74. The Hall–Kier alpha value is -1.76. The van der Waals surface area contributed by atoms with E-state index in [4.69, 9.17) is 5.73 Å². The predicted molar refractivity (Wildman–Crippen MR) is 73.6 cm³/mol. The zero-order valence-electron chi connectivity index (χ0n) is 10.4. The van der Waals surface area contributed by atoms with E-state index in [1.54, 1.807) is 10.7 Å². The maximum atomic E-state index is 5.70. The number of aryl methyl sites for hydroxylation is 1. The highest BCUT2D eigenvalue weighted by Crippen LogP contribution is 2.14. The maximum absolute atomic E-state index is 5.70. The normalized spacial score (nSPS) is 10.6. The van der Waals surface area contributed by atoms with E-state index >= 15 is 0 Å². The van der Waals surface area contributed by atoms with Gasteiger partial charge in [0.25, 0.3) is 0 Å². The predicted octanol–water partition coefficient (Wildman–Crippen LogP) is 1.17. The quantitative estimate of drug-likeness (QED) is 0.623.